The highest BCUT2D eigenvalue weighted by Gasteiger charge is 2.63. The first-order chi connectivity index (χ1) is 18.5. The molecule has 1 aliphatic rings. The quantitative estimate of drug-likeness (QED) is 0.370. The number of fused-ring (bicyclic) bond motifs is 1. The van der Waals surface area contributed by atoms with Crippen LogP contribution in [0.2, 0.25) is 0 Å². The minimum absolute atomic E-state index is 0.00944. The lowest BCUT2D eigenvalue weighted by atomic mass is 10.0. The van der Waals surface area contributed by atoms with Crippen molar-refractivity contribution in [3.63, 3.8) is 0 Å². The van der Waals surface area contributed by atoms with Crippen LogP contribution in [0.15, 0.2) is 83.9 Å². The van der Waals surface area contributed by atoms with Crippen LogP contribution in [0.1, 0.15) is 23.5 Å². The minimum atomic E-state index is -4.27. The summed E-state index contributed by atoms with van der Waals surface area (Å²) in [5, 5.41) is 4.18. The lowest BCUT2D eigenvalue weighted by Gasteiger charge is -2.25. The van der Waals surface area contributed by atoms with Gasteiger partial charge in [0.2, 0.25) is 0 Å². The first-order valence-electron chi connectivity index (χ1n) is 12.0. The molecular formula is C28H24F2N4O4S. The van der Waals surface area contributed by atoms with E-state index in [0.717, 1.165) is 22.9 Å². The standard InChI is InChI=1S/C28H24F2N4O4S/c1-17-7-3-6-10-24(17)39(37,38)33-27(36)32-28(15-23(28)20-11-21(29)14-22(30)12-20)26(35)34(2)25-13-18-8-4-5-9-19(18)16-31-25/h3-14,16,23H,15H2,1-2H3,(H2,32,33,36)/t23?,28-/m0/s1. The van der Waals surface area contributed by atoms with Gasteiger partial charge in [-0.25, -0.2) is 31.7 Å². The molecule has 11 heteroatoms. The Hall–Kier alpha value is -4.38. The van der Waals surface area contributed by atoms with Gasteiger partial charge in [-0.3, -0.25) is 9.69 Å². The number of aryl methyl sites for hydroxylation is 1. The van der Waals surface area contributed by atoms with Crippen molar-refractivity contribution in [1.29, 1.82) is 0 Å². The van der Waals surface area contributed by atoms with Gasteiger partial charge in [0.1, 0.15) is 23.0 Å². The van der Waals surface area contributed by atoms with Gasteiger partial charge in [-0.15, -0.1) is 0 Å². The maximum atomic E-state index is 14.0. The van der Waals surface area contributed by atoms with Gasteiger partial charge >= 0.3 is 6.03 Å². The molecule has 2 N–H and O–H groups in total. The molecule has 1 aromatic heterocycles. The number of rotatable bonds is 6. The number of pyridine rings is 1. The van der Waals surface area contributed by atoms with Crippen molar-refractivity contribution < 1.29 is 26.8 Å². The Morgan fingerprint density at radius 1 is 0.974 bits per heavy atom. The maximum Gasteiger partial charge on any atom is 0.329 e. The number of amides is 3. The van der Waals surface area contributed by atoms with E-state index < -0.39 is 45.1 Å². The van der Waals surface area contributed by atoms with Gasteiger partial charge in [0.05, 0.1) is 4.90 Å². The van der Waals surface area contributed by atoms with Crippen LogP contribution in [0.3, 0.4) is 0 Å². The molecule has 1 aliphatic carbocycles. The molecule has 4 aromatic rings. The molecule has 0 bridgehead atoms. The predicted molar refractivity (Wildman–Crippen MR) is 142 cm³/mol. The summed E-state index contributed by atoms with van der Waals surface area (Å²) in [6, 6.07) is 16.9. The van der Waals surface area contributed by atoms with Crippen molar-refractivity contribution in [3.05, 3.63) is 102 Å². The Labute approximate surface area is 223 Å². The molecule has 3 aromatic carbocycles. The number of likely N-dealkylation sites (N-methyl/N-ethyl adjacent to an activating group) is 1. The zero-order valence-electron chi connectivity index (χ0n) is 21.0. The van der Waals surface area contributed by atoms with E-state index in [2.05, 4.69) is 10.3 Å². The van der Waals surface area contributed by atoms with E-state index >= 15 is 0 Å². The number of nitrogens with one attached hydrogen (secondary N) is 2. The lowest BCUT2D eigenvalue weighted by molar-refractivity contribution is -0.121. The highest BCUT2D eigenvalue weighted by molar-refractivity contribution is 7.90. The lowest BCUT2D eigenvalue weighted by Crippen LogP contribution is -2.54. The fourth-order valence-corrected chi connectivity index (χ4v) is 5.95. The molecule has 2 atom stereocenters. The van der Waals surface area contributed by atoms with Gasteiger partial charge in [-0.2, -0.15) is 0 Å². The molecule has 8 nitrogen and oxygen atoms in total. The largest absolute Gasteiger partial charge is 0.329 e. The second-order valence-electron chi connectivity index (χ2n) is 9.51. The fourth-order valence-electron chi connectivity index (χ4n) is 4.79. The minimum Gasteiger partial charge on any atom is -0.322 e. The van der Waals surface area contributed by atoms with Crippen LogP contribution < -0.4 is 14.9 Å². The first kappa shape index (κ1) is 26.2. The molecule has 1 unspecified atom stereocenters. The molecule has 0 aliphatic heterocycles. The molecule has 0 radical (unpaired) electrons. The van der Waals surface area contributed by atoms with Gasteiger partial charge < -0.3 is 5.32 Å². The number of hydrogen-bond acceptors (Lipinski definition) is 5. The first-order valence-corrected chi connectivity index (χ1v) is 13.5. The summed E-state index contributed by atoms with van der Waals surface area (Å²) in [6.45, 7) is 1.58. The number of hydrogen-bond donors (Lipinski definition) is 2. The average Bonchev–Trinajstić information content (AvgIpc) is 3.61. The number of halogens is 2. The third-order valence-corrected chi connectivity index (χ3v) is 8.33. The highest BCUT2D eigenvalue weighted by atomic mass is 32.2. The van der Waals surface area contributed by atoms with E-state index in [9.17, 15) is 26.8 Å². The van der Waals surface area contributed by atoms with Crippen LogP contribution in [0, 0.1) is 18.6 Å². The van der Waals surface area contributed by atoms with Gasteiger partial charge in [-0.05, 0) is 54.1 Å². The Bertz CT molecular complexity index is 1710. The summed E-state index contributed by atoms with van der Waals surface area (Å²) in [6.07, 6.45) is 1.59. The predicted octanol–water partition coefficient (Wildman–Crippen LogP) is 4.40. The van der Waals surface area contributed by atoms with E-state index in [4.69, 9.17) is 0 Å². The molecule has 1 saturated carbocycles. The number of benzene rings is 3. The van der Waals surface area contributed by atoms with Crippen molar-refractivity contribution in [2.75, 3.05) is 11.9 Å². The van der Waals surface area contributed by atoms with E-state index in [0.29, 0.717) is 11.6 Å². The molecule has 200 valence electrons. The zero-order valence-corrected chi connectivity index (χ0v) is 21.8. The zero-order chi connectivity index (χ0) is 27.9. The molecule has 39 heavy (non-hydrogen) atoms. The van der Waals surface area contributed by atoms with Crippen LogP contribution >= 0.6 is 0 Å². The topological polar surface area (TPSA) is 108 Å². The number of anilines is 1. The SMILES string of the molecule is Cc1ccccc1S(=O)(=O)NC(=O)N[C@@]1(C(=O)N(C)c2cc3ccccc3cn2)CC1c1cc(F)cc(F)c1. The van der Waals surface area contributed by atoms with E-state index in [-0.39, 0.29) is 22.7 Å². The summed E-state index contributed by atoms with van der Waals surface area (Å²) in [5.41, 5.74) is -1.10. The van der Waals surface area contributed by atoms with Crippen molar-refractivity contribution in [2.24, 2.45) is 0 Å². The smallest absolute Gasteiger partial charge is 0.322 e. The molecule has 3 amide bonds. The third-order valence-electron chi connectivity index (χ3n) is 6.84. The Balaban J connectivity index is 1.47. The third kappa shape index (κ3) is 5.05. The van der Waals surface area contributed by atoms with Crippen molar-refractivity contribution in [2.45, 2.75) is 29.7 Å². The number of sulfonamides is 1. The summed E-state index contributed by atoms with van der Waals surface area (Å²) in [5.74, 6) is -2.83. The Kier molecular flexibility index (Phi) is 6.55. The Morgan fingerprint density at radius 3 is 2.31 bits per heavy atom. The molecular weight excluding hydrogens is 526 g/mol. The number of urea groups is 1. The number of nitrogens with zero attached hydrogens (tertiary/aromatic N) is 2. The number of carbonyl (C=O) groups is 2. The summed E-state index contributed by atoms with van der Waals surface area (Å²) >= 11 is 0. The summed E-state index contributed by atoms with van der Waals surface area (Å²) in [7, 11) is -2.81. The van der Waals surface area contributed by atoms with Gasteiger partial charge in [0.15, 0.2) is 0 Å². The van der Waals surface area contributed by atoms with E-state index in [1.54, 1.807) is 31.3 Å². The summed E-state index contributed by atoms with van der Waals surface area (Å²) < 4.78 is 55.8. The number of aromatic nitrogens is 1. The fraction of sp³-hybridized carbons (Fsp3) is 0.179. The van der Waals surface area contributed by atoms with Gasteiger partial charge in [0.25, 0.3) is 15.9 Å². The molecule has 5 rings (SSSR count). The van der Waals surface area contributed by atoms with Crippen molar-refractivity contribution in [3.8, 4) is 0 Å². The van der Waals surface area contributed by atoms with Crippen LogP contribution in [0.25, 0.3) is 10.8 Å². The van der Waals surface area contributed by atoms with Crippen LogP contribution in [-0.4, -0.2) is 37.9 Å². The van der Waals surface area contributed by atoms with Crippen LogP contribution in [-0.2, 0) is 14.8 Å². The van der Waals surface area contributed by atoms with Gasteiger partial charge in [0, 0.05) is 30.6 Å². The monoisotopic (exact) mass is 550 g/mol. The normalized spacial score (nSPS) is 18.4. The molecule has 0 spiro atoms. The second-order valence-corrected chi connectivity index (χ2v) is 11.2. The molecule has 0 saturated heterocycles. The number of carbonyl (C=O) groups excluding carboxylic acids is 2. The summed E-state index contributed by atoms with van der Waals surface area (Å²) in [4.78, 5) is 32.3. The van der Waals surface area contributed by atoms with E-state index in [1.165, 1.54) is 24.1 Å². The molecule has 1 heterocycles. The molecule has 1 fully saturated rings. The Morgan fingerprint density at radius 2 is 1.62 bits per heavy atom. The second kappa shape index (κ2) is 9.73. The maximum absolute atomic E-state index is 14.0. The van der Waals surface area contributed by atoms with E-state index in [1.807, 2.05) is 29.0 Å². The van der Waals surface area contributed by atoms with Crippen LogP contribution in [0.5, 0.6) is 0 Å². The van der Waals surface area contributed by atoms with Gasteiger partial charge in [-0.1, -0.05) is 42.5 Å². The average molecular weight is 551 g/mol. The van der Waals surface area contributed by atoms with Crippen molar-refractivity contribution in [1.82, 2.24) is 15.0 Å². The van der Waals surface area contributed by atoms with Crippen LogP contribution in [0.4, 0.5) is 19.4 Å². The van der Waals surface area contributed by atoms with Crippen molar-refractivity contribution >= 4 is 38.6 Å². The highest BCUT2D eigenvalue weighted by Crippen LogP contribution is 2.53.